The fourth-order valence-electron chi connectivity index (χ4n) is 2.94. The molecule has 0 bridgehead atoms. The van der Waals surface area contributed by atoms with Gasteiger partial charge < -0.3 is 9.47 Å². The van der Waals surface area contributed by atoms with Gasteiger partial charge in [-0.3, -0.25) is 9.59 Å². The van der Waals surface area contributed by atoms with Crippen LogP contribution in [-0.4, -0.2) is 34.2 Å². The van der Waals surface area contributed by atoms with Crippen LogP contribution in [0, 0.1) is 13.1 Å². The van der Waals surface area contributed by atoms with Gasteiger partial charge >= 0.3 is 0 Å². The Morgan fingerprint density at radius 1 is 1.30 bits per heavy atom. The van der Waals surface area contributed by atoms with Crippen molar-refractivity contribution in [2.45, 2.75) is 13.0 Å². The summed E-state index contributed by atoms with van der Waals surface area (Å²) < 4.78 is 4.38. The summed E-state index contributed by atoms with van der Waals surface area (Å²) in [5, 5.41) is 1.19. The third-order valence-electron chi connectivity index (χ3n) is 4.10. The van der Waals surface area contributed by atoms with E-state index in [0.717, 1.165) is 9.09 Å². The van der Waals surface area contributed by atoms with E-state index in [1.807, 2.05) is 10.8 Å². The number of fused-ring (bicyclic) bond motifs is 1. The van der Waals surface area contributed by atoms with Crippen molar-refractivity contribution in [2.75, 3.05) is 13.1 Å². The van der Waals surface area contributed by atoms with Crippen LogP contribution in [0.3, 0.4) is 0 Å². The predicted molar refractivity (Wildman–Crippen MR) is 107 cm³/mol. The van der Waals surface area contributed by atoms with Crippen LogP contribution in [0.4, 0.5) is 0 Å². The first-order chi connectivity index (χ1) is 11.0. The van der Waals surface area contributed by atoms with E-state index in [1.165, 1.54) is 15.0 Å². The van der Waals surface area contributed by atoms with Gasteiger partial charge in [-0.2, -0.15) is 0 Å². The van der Waals surface area contributed by atoms with Gasteiger partial charge in [0, 0.05) is 49.7 Å². The Labute approximate surface area is 162 Å². The second-order valence-electron chi connectivity index (χ2n) is 5.82. The maximum absolute atomic E-state index is 12.3. The topological polar surface area (TPSA) is 42.3 Å². The van der Waals surface area contributed by atoms with E-state index in [2.05, 4.69) is 70.0 Å². The highest BCUT2D eigenvalue weighted by Gasteiger charge is 2.30. The predicted octanol–water partition coefficient (Wildman–Crippen LogP) is 3.45. The summed E-state index contributed by atoms with van der Waals surface area (Å²) in [5.74, 6) is 0.454. The molecule has 1 aromatic heterocycles. The summed E-state index contributed by atoms with van der Waals surface area (Å²) in [7, 11) is 0. The van der Waals surface area contributed by atoms with Crippen LogP contribution >= 0.6 is 45.2 Å². The number of nitrogens with zero attached hydrogens (tertiary/aromatic N) is 2. The lowest BCUT2D eigenvalue weighted by Gasteiger charge is -2.38. The fraction of sp³-hybridized carbons (Fsp3) is 0.294. The average molecular weight is 534 g/mol. The number of carbonyl (C=O) groups excluding carboxylic acids is 2. The molecule has 0 radical (unpaired) electrons. The highest BCUT2D eigenvalue weighted by atomic mass is 127. The van der Waals surface area contributed by atoms with Crippen LogP contribution < -0.4 is 0 Å². The van der Waals surface area contributed by atoms with Crippen LogP contribution in [0.1, 0.15) is 6.42 Å². The number of rotatable bonds is 5. The summed E-state index contributed by atoms with van der Waals surface area (Å²) in [6.07, 6.45) is 3.89. The number of Topliss-reactive ketones (excluding diaryl/α,β-unsaturated/α-hetero) is 1. The molecule has 120 valence electrons. The Bertz CT molecular complexity index is 791. The minimum absolute atomic E-state index is 0.0470. The Morgan fingerprint density at radius 3 is 2.74 bits per heavy atom. The number of amides is 1. The summed E-state index contributed by atoms with van der Waals surface area (Å²) in [5.41, 5.74) is 1.10. The molecule has 1 saturated heterocycles. The van der Waals surface area contributed by atoms with Gasteiger partial charge in [0.2, 0.25) is 5.91 Å². The quantitative estimate of drug-likeness (QED) is 0.436. The monoisotopic (exact) mass is 534 g/mol. The summed E-state index contributed by atoms with van der Waals surface area (Å²) in [6, 6.07) is 6.27. The zero-order chi connectivity index (χ0) is 16.6. The SMILES string of the molecule is C=CC(=O)N1CC(CC(=O)Cn2cc(I)c3cc(I)ccc32)C1. The molecular formula is C17H16I2N2O2. The Hall–Kier alpha value is -0.900. The van der Waals surface area contributed by atoms with Crippen LogP contribution in [0.25, 0.3) is 10.9 Å². The first-order valence-corrected chi connectivity index (χ1v) is 9.50. The van der Waals surface area contributed by atoms with Crippen LogP contribution in [-0.2, 0) is 16.1 Å². The molecular weight excluding hydrogens is 518 g/mol. The summed E-state index contributed by atoms with van der Waals surface area (Å²) in [4.78, 5) is 25.5. The lowest BCUT2D eigenvalue weighted by atomic mass is 9.94. The molecule has 0 aliphatic carbocycles. The van der Waals surface area contributed by atoms with Gasteiger partial charge in [0.1, 0.15) is 0 Å². The molecule has 3 rings (SSSR count). The number of carbonyl (C=O) groups is 2. The number of halogens is 2. The largest absolute Gasteiger partial charge is 0.339 e. The fourth-order valence-corrected chi connectivity index (χ4v) is 4.20. The number of hydrogen-bond donors (Lipinski definition) is 0. The van der Waals surface area contributed by atoms with E-state index in [-0.39, 0.29) is 17.6 Å². The van der Waals surface area contributed by atoms with E-state index < -0.39 is 0 Å². The van der Waals surface area contributed by atoms with Crippen molar-refractivity contribution in [3.8, 4) is 0 Å². The number of aromatic nitrogens is 1. The molecule has 0 atom stereocenters. The molecule has 0 spiro atoms. The molecule has 1 aliphatic rings. The third-order valence-corrected chi connectivity index (χ3v) is 5.63. The van der Waals surface area contributed by atoms with Crippen molar-refractivity contribution in [3.05, 3.63) is 44.2 Å². The van der Waals surface area contributed by atoms with Crippen molar-refractivity contribution >= 4 is 67.8 Å². The number of ketones is 1. The van der Waals surface area contributed by atoms with E-state index in [4.69, 9.17) is 0 Å². The van der Waals surface area contributed by atoms with Gasteiger partial charge in [-0.05, 0) is 69.5 Å². The Morgan fingerprint density at radius 2 is 2.04 bits per heavy atom. The van der Waals surface area contributed by atoms with Gasteiger partial charge in [0.25, 0.3) is 0 Å². The van der Waals surface area contributed by atoms with Crippen LogP contribution in [0.2, 0.25) is 0 Å². The second-order valence-corrected chi connectivity index (χ2v) is 8.23. The van der Waals surface area contributed by atoms with E-state index in [9.17, 15) is 9.59 Å². The van der Waals surface area contributed by atoms with Crippen molar-refractivity contribution < 1.29 is 9.59 Å². The molecule has 0 saturated carbocycles. The molecule has 23 heavy (non-hydrogen) atoms. The van der Waals surface area contributed by atoms with Gasteiger partial charge in [-0.25, -0.2) is 0 Å². The highest BCUT2D eigenvalue weighted by Crippen LogP contribution is 2.26. The van der Waals surface area contributed by atoms with E-state index in [1.54, 1.807) is 4.90 Å². The van der Waals surface area contributed by atoms with Crippen LogP contribution in [0.5, 0.6) is 0 Å². The van der Waals surface area contributed by atoms with E-state index in [0.29, 0.717) is 26.1 Å². The second kappa shape index (κ2) is 6.92. The molecule has 2 heterocycles. The van der Waals surface area contributed by atoms with Crippen molar-refractivity contribution in [1.29, 1.82) is 0 Å². The maximum Gasteiger partial charge on any atom is 0.245 e. The lowest BCUT2D eigenvalue weighted by molar-refractivity contribution is -0.134. The molecule has 1 amide bonds. The molecule has 6 heteroatoms. The zero-order valence-electron chi connectivity index (χ0n) is 12.5. The maximum atomic E-state index is 12.3. The first-order valence-electron chi connectivity index (χ1n) is 7.35. The van der Waals surface area contributed by atoms with Crippen molar-refractivity contribution in [2.24, 2.45) is 5.92 Å². The standard InChI is InChI=1S/C17H16I2N2O2/c1-2-17(23)21-7-11(8-21)5-13(22)9-20-10-15(19)14-6-12(18)3-4-16(14)20/h2-4,6,10-11H,1,5,7-9H2. The van der Waals surface area contributed by atoms with E-state index >= 15 is 0 Å². The smallest absolute Gasteiger partial charge is 0.245 e. The lowest BCUT2D eigenvalue weighted by Crippen LogP contribution is -2.50. The average Bonchev–Trinajstić information content (AvgIpc) is 2.77. The molecule has 1 aromatic carbocycles. The number of likely N-dealkylation sites (tertiary alicyclic amines) is 1. The molecule has 2 aromatic rings. The molecule has 1 aliphatic heterocycles. The summed E-state index contributed by atoms with van der Waals surface area (Å²) >= 11 is 4.61. The van der Waals surface area contributed by atoms with Gasteiger partial charge in [-0.1, -0.05) is 6.58 Å². The Kier molecular flexibility index (Phi) is 5.10. The number of benzene rings is 1. The molecule has 1 fully saturated rings. The molecule has 0 unspecified atom stereocenters. The third kappa shape index (κ3) is 3.62. The Balaban J connectivity index is 1.63. The first kappa shape index (κ1) is 16.9. The minimum Gasteiger partial charge on any atom is -0.339 e. The normalized spacial score (nSPS) is 14.8. The number of hydrogen-bond acceptors (Lipinski definition) is 2. The van der Waals surface area contributed by atoms with Gasteiger partial charge in [0.05, 0.1) is 6.54 Å². The zero-order valence-corrected chi connectivity index (χ0v) is 16.8. The van der Waals surface area contributed by atoms with Crippen molar-refractivity contribution in [3.63, 3.8) is 0 Å². The highest BCUT2D eigenvalue weighted by molar-refractivity contribution is 14.1. The minimum atomic E-state index is -0.0470. The molecule has 0 N–H and O–H groups in total. The summed E-state index contributed by atoms with van der Waals surface area (Å²) in [6.45, 7) is 5.21. The van der Waals surface area contributed by atoms with Gasteiger partial charge in [0.15, 0.2) is 5.78 Å². The van der Waals surface area contributed by atoms with Crippen LogP contribution in [0.15, 0.2) is 37.1 Å². The van der Waals surface area contributed by atoms with Gasteiger partial charge in [-0.15, -0.1) is 0 Å². The van der Waals surface area contributed by atoms with Crippen molar-refractivity contribution in [1.82, 2.24) is 9.47 Å². The molecule has 4 nitrogen and oxygen atoms in total.